The lowest BCUT2D eigenvalue weighted by Crippen LogP contribution is -2.15. The molecule has 0 radical (unpaired) electrons. The highest BCUT2D eigenvalue weighted by Gasteiger charge is 2.30. The predicted molar refractivity (Wildman–Crippen MR) is 119 cm³/mol. The average Bonchev–Trinajstić information content (AvgIpc) is 3.64. The second-order valence-electron chi connectivity index (χ2n) is 7.49. The van der Waals surface area contributed by atoms with Gasteiger partial charge in [0.25, 0.3) is 0 Å². The van der Waals surface area contributed by atoms with E-state index in [1.54, 1.807) is 34.6 Å². The van der Waals surface area contributed by atoms with Crippen LogP contribution in [0.3, 0.4) is 0 Å². The largest absolute Gasteiger partial charge is 0.493 e. The van der Waals surface area contributed by atoms with Gasteiger partial charge < -0.3 is 24.3 Å². The molecule has 1 heterocycles. The number of hydrogen-bond acceptors (Lipinski definition) is 6. The van der Waals surface area contributed by atoms with Gasteiger partial charge in [-0.1, -0.05) is 0 Å². The van der Waals surface area contributed by atoms with Crippen LogP contribution < -0.4 is 24.3 Å². The Balaban J connectivity index is 1.78. The summed E-state index contributed by atoms with van der Waals surface area (Å²) >= 11 is 0. The van der Waals surface area contributed by atoms with Crippen LogP contribution in [0.5, 0.6) is 23.0 Å². The Hall–Kier alpha value is -3.48. The Bertz CT molecular complexity index is 1120. The molecule has 0 spiro atoms. The Kier molecular flexibility index (Phi) is 5.84. The summed E-state index contributed by atoms with van der Waals surface area (Å²) < 4.78 is 21.8. The van der Waals surface area contributed by atoms with Crippen LogP contribution in [-0.4, -0.2) is 39.3 Å². The van der Waals surface area contributed by atoms with Crippen molar-refractivity contribution in [3.8, 4) is 23.0 Å². The molecule has 1 amide bonds. The molecule has 2 aromatic carbocycles. The number of aromatic nitrogens is 1. The minimum Gasteiger partial charge on any atom is -0.493 e. The molecule has 1 saturated carbocycles. The van der Waals surface area contributed by atoms with Gasteiger partial charge in [-0.3, -0.25) is 9.78 Å². The molecule has 1 fully saturated rings. The molecule has 0 aliphatic heterocycles. The molecule has 0 unspecified atom stereocenters. The lowest BCUT2D eigenvalue weighted by molar-refractivity contribution is -0.117. The number of carbonyl (C=O) groups is 1. The number of pyridine rings is 1. The van der Waals surface area contributed by atoms with Crippen molar-refractivity contribution >= 4 is 22.4 Å². The zero-order valence-electron chi connectivity index (χ0n) is 18.2. The fraction of sp³-hybridized carbons (Fsp3) is 0.333. The summed E-state index contributed by atoms with van der Waals surface area (Å²) in [4.78, 5) is 17.1. The SMILES string of the molecule is COc1cc(Cc2nccc3cc(OC)c(OC)cc23)c(NC(=O)C2CC2)cc1OC. The normalized spacial score (nSPS) is 13.0. The molecule has 1 aliphatic carbocycles. The Labute approximate surface area is 181 Å². The summed E-state index contributed by atoms with van der Waals surface area (Å²) in [6.45, 7) is 0. The molecule has 1 aromatic heterocycles. The van der Waals surface area contributed by atoms with Crippen LogP contribution in [0.1, 0.15) is 24.1 Å². The van der Waals surface area contributed by atoms with Crippen LogP contribution in [0.25, 0.3) is 10.8 Å². The summed E-state index contributed by atoms with van der Waals surface area (Å²) in [6, 6.07) is 9.50. The quantitative estimate of drug-likeness (QED) is 0.586. The zero-order chi connectivity index (χ0) is 22.0. The third kappa shape index (κ3) is 4.21. The highest BCUT2D eigenvalue weighted by atomic mass is 16.5. The maximum absolute atomic E-state index is 12.5. The van der Waals surface area contributed by atoms with Crippen molar-refractivity contribution in [1.29, 1.82) is 0 Å². The van der Waals surface area contributed by atoms with Gasteiger partial charge >= 0.3 is 0 Å². The van der Waals surface area contributed by atoms with Crippen LogP contribution in [0.4, 0.5) is 5.69 Å². The molecule has 0 bridgehead atoms. The molecular formula is C24H26N2O5. The van der Waals surface area contributed by atoms with Gasteiger partial charge in [0.1, 0.15) is 0 Å². The van der Waals surface area contributed by atoms with E-state index in [1.807, 2.05) is 30.3 Å². The summed E-state index contributed by atoms with van der Waals surface area (Å²) in [5.41, 5.74) is 2.45. The van der Waals surface area contributed by atoms with Gasteiger partial charge in [-0.15, -0.1) is 0 Å². The van der Waals surface area contributed by atoms with Gasteiger partial charge in [0.15, 0.2) is 23.0 Å². The highest BCUT2D eigenvalue weighted by Crippen LogP contribution is 2.38. The van der Waals surface area contributed by atoms with Gasteiger partial charge in [-0.25, -0.2) is 0 Å². The number of methoxy groups -OCH3 is 4. The number of hydrogen-bond donors (Lipinski definition) is 1. The molecule has 0 atom stereocenters. The van der Waals surface area contributed by atoms with Gasteiger partial charge in [-0.2, -0.15) is 0 Å². The number of ether oxygens (including phenoxy) is 4. The standard InChI is InChI=1S/C24H26N2O5/c1-28-20-10-15-7-8-25-19(17(15)12-22(20)30-3)9-16-11-21(29-2)23(31-4)13-18(16)26-24(27)14-5-6-14/h7-8,10-14H,5-6,9H2,1-4H3,(H,26,27). The van der Waals surface area contributed by atoms with Crippen molar-refractivity contribution in [2.75, 3.05) is 33.8 Å². The molecule has 1 aliphatic rings. The molecule has 31 heavy (non-hydrogen) atoms. The van der Waals surface area contributed by atoms with Gasteiger partial charge in [0, 0.05) is 35.7 Å². The lowest BCUT2D eigenvalue weighted by atomic mass is 10.0. The zero-order valence-corrected chi connectivity index (χ0v) is 18.2. The first-order valence-corrected chi connectivity index (χ1v) is 10.1. The molecule has 162 valence electrons. The Morgan fingerprint density at radius 2 is 1.55 bits per heavy atom. The maximum Gasteiger partial charge on any atom is 0.227 e. The van der Waals surface area contributed by atoms with E-state index < -0.39 is 0 Å². The Morgan fingerprint density at radius 1 is 0.935 bits per heavy atom. The van der Waals surface area contributed by atoms with E-state index in [9.17, 15) is 4.79 Å². The molecule has 4 rings (SSSR count). The van der Waals surface area contributed by atoms with E-state index in [0.717, 1.165) is 34.9 Å². The first kappa shape index (κ1) is 20.8. The number of nitrogens with one attached hydrogen (secondary N) is 1. The second kappa shape index (κ2) is 8.71. The molecule has 7 heteroatoms. The number of rotatable bonds is 8. The summed E-state index contributed by atoms with van der Waals surface area (Å²) in [6.07, 6.45) is 4.13. The van der Waals surface area contributed by atoms with E-state index in [2.05, 4.69) is 10.3 Å². The molecule has 1 N–H and O–H groups in total. The smallest absolute Gasteiger partial charge is 0.227 e. The Morgan fingerprint density at radius 3 is 2.19 bits per heavy atom. The third-order valence-electron chi connectivity index (χ3n) is 5.52. The van der Waals surface area contributed by atoms with Crippen molar-refractivity contribution in [2.45, 2.75) is 19.3 Å². The van der Waals surface area contributed by atoms with E-state index in [1.165, 1.54) is 0 Å². The van der Waals surface area contributed by atoms with E-state index >= 15 is 0 Å². The maximum atomic E-state index is 12.5. The highest BCUT2D eigenvalue weighted by molar-refractivity contribution is 5.95. The van der Waals surface area contributed by atoms with Crippen LogP contribution in [0.2, 0.25) is 0 Å². The van der Waals surface area contributed by atoms with Gasteiger partial charge in [0.05, 0.1) is 34.1 Å². The van der Waals surface area contributed by atoms with Gasteiger partial charge in [-0.05, 0) is 48.1 Å². The minimum atomic E-state index is 0.0331. The minimum absolute atomic E-state index is 0.0331. The number of carbonyl (C=O) groups excluding carboxylic acids is 1. The van der Waals surface area contributed by atoms with Crippen molar-refractivity contribution in [1.82, 2.24) is 4.98 Å². The average molecular weight is 422 g/mol. The van der Waals surface area contributed by atoms with Crippen LogP contribution >= 0.6 is 0 Å². The summed E-state index contributed by atoms with van der Waals surface area (Å²) in [7, 11) is 6.40. The molecule has 0 saturated heterocycles. The molecule has 3 aromatic rings. The predicted octanol–water partition coefficient (Wildman–Crippen LogP) is 4.21. The fourth-order valence-electron chi connectivity index (χ4n) is 3.64. The number of anilines is 1. The van der Waals surface area contributed by atoms with Crippen molar-refractivity contribution in [3.63, 3.8) is 0 Å². The van der Waals surface area contributed by atoms with Crippen LogP contribution in [0.15, 0.2) is 36.5 Å². The second-order valence-corrected chi connectivity index (χ2v) is 7.49. The van der Waals surface area contributed by atoms with Gasteiger partial charge in [0.2, 0.25) is 5.91 Å². The number of fused-ring (bicyclic) bond motifs is 1. The van der Waals surface area contributed by atoms with E-state index in [4.69, 9.17) is 18.9 Å². The van der Waals surface area contributed by atoms with E-state index in [0.29, 0.717) is 35.1 Å². The topological polar surface area (TPSA) is 78.9 Å². The summed E-state index contributed by atoms with van der Waals surface area (Å²) in [5.74, 6) is 2.59. The monoisotopic (exact) mass is 422 g/mol. The molecule has 7 nitrogen and oxygen atoms in total. The van der Waals surface area contributed by atoms with E-state index in [-0.39, 0.29) is 11.8 Å². The first-order chi connectivity index (χ1) is 15.1. The van der Waals surface area contributed by atoms with Crippen molar-refractivity contribution < 1.29 is 23.7 Å². The summed E-state index contributed by atoms with van der Waals surface area (Å²) in [5, 5.41) is 5.01. The molecular weight excluding hydrogens is 396 g/mol. The number of benzene rings is 2. The first-order valence-electron chi connectivity index (χ1n) is 10.1. The van der Waals surface area contributed by atoms with Crippen molar-refractivity contribution in [2.24, 2.45) is 5.92 Å². The van der Waals surface area contributed by atoms with Crippen LogP contribution in [0, 0.1) is 5.92 Å². The fourth-order valence-corrected chi connectivity index (χ4v) is 3.64. The van der Waals surface area contributed by atoms with Crippen LogP contribution in [-0.2, 0) is 11.2 Å². The number of amides is 1. The third-order valence-corrected chi connectivity index (χ3v) is 5.52. The number of nitrogens with zero attached hydrogens (tertiary/aromatic N) is 1. The van der Waals surface area contributed by atoms with Crippen molar-refractivity contribution in [3.05, 3.63) is 47.8 Å². The lowest BCUT2D eigenvalue weighted by Gasteiger charge is -2.17.